The van der Waals surface area contributed by atoms with E-state index in [-0.39, 0.29) is 5.91 Å². The fraction of sp³-hybridized carbons (Fsp3) is 0.214. The van der Waals surface area contributed by atoms with Crippen LogP contribution in [0.2, 0.25) is 0 Å². The molecule has 0 fully saturated rings. The van der Waals surface area contributed by atoms with Crippen LogP contribution in [0.1, 0.15) is 21.5 Å². The van der Waals surface area contributed by atoms with Gasteiger partial charge in [0, 0.05) is 19.2 Å². The lowest BCUT2D eigenvalue weighted by molar-refractivity contribution is 0.0785. The SMILES string of the molecule is Cc1cc(C(=O)N(C)Cc2csc(Br)c2)ccc1NN. The Bertz CT molecular complexity index is 627. The summed E-state index contributed by atoms with van der Waals surface area (Å²) in [5.74, 6) is 5.39. The quantitative estimate of drug-likeness (QED) is 0.654. The Hall–Kier alpha value is -1.37. The van der Waals surface area contributed by atoms with Gasteiger partial charge >= 0.3 is 0 Å². The lowest BCUT2D eigenvalue weighted by atomic mass is 10.1. The summed E-state index contributed by atoms with van der Waals surface area (Å²) in [5.41, 5.74) is 6.16. The summed E-state index contributed by atoms with van der Waals surface area (Å²) < 4.78 is 1.07. The predicted octanol–water partition coefficient (Wildman–Crippen LogP) is 3.38. The number of nitrogens with two attached hydrogens (primary N) is 1. The van der Waals surface area contributed by atoms with Gasteiger partial charge in [-0.05, 0) is 63.6 Å². The van der Waals surface area contributed by atoms with Crippen molar-refractivity contribution in [3.8, 4) is 0 Å². The number of anilines is 1. The van der Waals surface area contributed by atoms with Gasteiger partial charge in [0.25, 0.3) is 5.91 Å². The summed E-state index contributed by atoms with van der Waals surface area (Å²) in [6.45, 7) is 2.51. The highest BCUT2D eigenvalue weighted by Crippen LogP contribution is 2.22. The van der Waals surface area contributed by atoms with Gasteiger partial charge in [0.05, 0.1) is 9.47 Å². The number of carbonyl (C=O) groups excluding carboxylic acids is 1. The third-order valence-electron chi connectivity index (χ3n) is 3.02. The topological polar surface area (TPSA) is 58.4 Å². The highest BCUT2D eigenvalue weighted by molar-refractivity contribution is 9.11. The number of amides is 1. The molecule has 0 aliphatic rings. The largest absolute Gasteiger partial charge is 0.337 e. The molecule has 3 N–H and O–H groups in total. The predicted molar refractivity (Wildman–Crippen MR) is 86.8 cm³/mol. The van der Waals surface area contributed by atoms with Crippen LogP contribution in [0, 0.1) is 6.92 Å². The minimum absolute atomic E-state index is 0.000932. The Labute approximate surface area is 130 Å². The molecule has 0 saturated heterocycles. The second-order valence-electron chi connectivity index (χ2n) is 4.59. The van der Waals surface area contributed by atoms with Gasteiger partial charge in [-0.25, -0.2) is 0 Å². The van der Waals surface area contributed by atoms with Gasteiger partial charge < -0.3 is 10.3 Å². The van der Waals surface area contributed by atoms with E-state index in [9.17, 15) is 4.79 Å². The number of hydrazine groups is 1. The number of carbonyl (C=O) groups is 1. The molecule has 0 unspecified atom stereocenters. The zero-order chi connectivity index (χ0) is 14.7. The van der Waals surface area contributed by atoms with Crippen molar-refractivity contribution in [2.24, 2.45) is 5.84 Å². The van der Waals surface area contributed by atoms with Crippen molar-refractivity contribution in [1.82, 2.24) is 4.90 Å². The molecule has 1 amide bonds. The maximum atomic E-state index is 12.4. The zero-order valence-electron chi connectivity index (χ0n) is 11.3. The summed E-state index contributed by atoms with van der Waals surface area (Å²) in [5, 5.41) is 2.04. The van der Waals surface area contributed by atoms with Gasteiger partial charge in [-0.15, -0.1) is 11.3 Å². The number of nitrogens with zero attached hydrogens (tertiary/aromatic N) is 1. The maximum absolute atomic E-state index is 12.4. The number of rotatable bonds is 4. The van der Waals surface area contributed by atoms with Crippen molar-refractivity contribution in [1.29, 1.82) is 0 Å². The van der Waals surface area contributed by atoms with Crippen molar-refractivity contribution < 1.29 is 4.79 Å². The van der Waals surface area contributed by atoms with Crippen LogP contribution in [0.25, 0.3) is 0 Å². The molecule has 0 atom stereocenters. The average molecular weight is 354 g/mol. The monoisotopic (exact) mass is 353 g/mol. The minimum Gasteiger partial charge on any atom is -0.337 e. The fourth-order valence-electron chi connectivity index (χ4n) is 1.95. The number of hydrogen-bond acceptors (Lipinski definition) is 4. The van der Waals surface area contributed by atoms with E-state index in [0.29, 0.717) is 12.1 Å². The van der Waals surface area contributed by atoms with Crippen molar-refractivity contribution in [2.75, 3.05) is 12.5 Å². The van der Waals surface area contributed by atoms with Crippen LogP contribution in [0.15, 0.2) is 33.4 Å². The van der Waals surface area contributed by atoms with Crippen molar-refractivity contribution in [3.05, 3.63) is 50.1 Å². The molecule has 4 nitrogen and oxygen atoms in total. The highest BCUT2D eigenvalue weighted by Gasteiger charge is 2.13. The van der Waals surface area contributed by atoms with Crippen molar-refractivity contribution in [3.63, 3.8) is 0 Å². The van der Waals surface area contributed by atoms with E-state index in [0.717, 1.165) is 20.6 Å². The Kier molecular flexibility index (Phi) is 4.80. The molecule has 2 aromatic rings. The standard InChI is InChI=1S/C14H16BrN3OS/c1-9-5-11(3-4-12(9)17-16)14(19)18(2)7-10-6-13(15)20-8-10/h3-6,8,17H,7,16H2,1-2H3. The first-order valence-corrected chi connectivity index (χ1v) is 7.74. The van der Waals surface area contributed by atoms with Crippen LogP contribution in [0.4, 0.5) is 5.69 Å². The van der Waals surface area contributed by atoms with Gasteiger partial charge in [0.15, 0.2) is 0 Å². The number of aryl methyl sites for hydroxylation is 1. The molecular formula is C14H16BrN3OS. The smallest absolute Gasteiger partial charge is 0.253 e. The number of benzene rings is 1. The Morgan fingerprint density at radius 1 is 1.45 bits per heavy atom. The molecular weight excluding hydrogens is 338 g/mol. The van der Waals surface area contributed by atoms with Gasteiger partial charge in [0.1, 0.15) is 0 Å². The molecule has 20 heavy (non-hydrogen) atoms. The molecule has 0 aliphatic heterocycles. The molecule has 0 saturated carbocycles. The second kappa shape index (κ2) is 6.39. The summed E-state index contributed by atoms with van der Waals surface area (Å²) in [4.78, 5) is 14.1. The summed E-state index contributed by atoms with van der Waals surface area (Å²) in [6.07, 6.45) is 0. The number of halogens is 1. The molecule has 106 valence electrons. The molecule has 0 aliphatic carbocycles. The van der Waals surface area contributed by atoms with E-state index >= 15 is 0 Å². The maximum Gasteiger partial charge on any atom is 0.253 e. The van der Waals surface area contributed by atoms with E-state index in [2.05, 4.69) is 21.4 Å². The van der Waals surface area contributed by atoms with Crippen LogP contribution in [0.5, 0.6) is 0 Å². The van der Waals surface area contributed by atoms with Crippen molar-refractivity contribution >= 4 is 38.9 Å². The molecule has 2 rings (SSSR count). The first-order valence-electron chi connectivity index (χ1n) is 6.07. The minimum atomic E-state index is -0.000932. The lowest BCUT2D eigenvalue weighted by Gasteiger charge is -2.17. The Morgan fingerprint density at radius 2 is 2.20 bits per heavy atom. The first-order chi connectivity index (χ1) is 9.51. The van der Waals surface area contributed by atoms with Gasteiger partial charge in [-0.1, -0.05) is 0 Å². The van der Waals surface area contributed by atoms with E-state index < -0.39 is 0 Å². The third kappa shape index (κ3) is 3.39. The summed E-state index contributed by atoms with van der Waals surface area (Å²) in [7, 11) is 1.80. The molecule has 1 aromatic heterocycles. The normalized spacial score (nSPS) is 10.4. The van der Waals surface area contributed by atoms with Crippen LogP contribution < -0.4 is 11.3 Å². The second-order valence-corrected chi connectivity index (χ2v) is 6.88. The molecule has 0 bridgehead atoms. The molecule has 0 spiro atoms. The van der Waals surface area contributed by atoms with E-state index in [4.69, 9.17) is 5.84 Å². The number of nitrogens with one attached hydrogen (secondary N) is 1. The molecule has 0 radical (unpaired) electrons. The lowest BCUT2D eigenvalue weighted by Crippen LogP contribution is -2.26. The van der Waals surface area contributed by atoms with Crippen LogP contribution in [0.3, 0.4) is 0 Å². The van der Waals surface area contributed by atoms with Crippen molar-refractivity contribution in [2.45, 2.75) is 13.5 Å². The third-order valence-corrected chi connectivity index (χ3v) is 4.57. The number of thiophene rings is 1. The van der Waals surface area contributed by atoms with E-state index in [1.807, 2.05) is 30.5 Å². The fourth-order valence-corrected chi connectivity index (χ4v) is 3.15. The Balaban J connectivity index is 2.12. The van der Waals surface area contributed by atoms with Gasteiger partial charge in [0.2, 0.25) is 0 Å². The van der Waals surface area contributed by atoms with E-state index in [1.54, 1.807) is 29.4 Å². The zero-order valence-corrected chi connectivity index (χ0v) is 13.7. The summed E-state index contributed by atoms with van der Waals surface area (Å²) >= 11 is 5.04. The van der Waals surface area contributed by atoms with Crippen LogP contribution in [-0.2, 0) is 6.54 Å². The van der Waals surface area contributed by atoms with Crippen LogP contribution >= 0.6 is 27.3 Å². The highest BCUT2D eigenvalue weighted by atomic mass is 79.9. The molecule has 1 aromatic carbocycles. The molecule has 6 heteroatoms. The van der Waals surface area contributed by atoms with Gasteiger partial charge in [-0.3, -0.25) is 10.6 Å². The Morgan fingerprint density at radius 3 is 2.75 bits per heavy atom. The van der Waals surface area contributed by atoms with Gasteiger partial charge in [-0.2, -0.15) is 0 Å². The average Bonchev–Trinajstić information content (AvgIpc) is 2.83. The number of nitrogen functional groups attached to an aromatic ring is 1. The van der Waals surface area contributed by atoms with Crippen LogP contribution in [-0.4, -0.2) is 17.9 Å². The first kappa shape index (κ1) is 15.0. The summed E-state index contributed by atoms with van der Waals surface area (Å²) in [6, 6.07) is 7.47. The number of hydrogen-bond donors (Lipinski definition) is 2. The molecule has 1 heterocycles. The van der Waals surface area contributed by atoms with E-state index in [1.165, 1.54) is 0 Å².